The molecule has 0 bridgehead atoms. The van der Waals surface area contributed by atoms with Gasteiger partial charge in [0.15, 0.2) is 11.5 Å². The Morgan fingerprint density at radius 3 is 2.83 bits per heavy atom. The molecule has 0 radical (unpaired) electrons. The quantitative estimate of drug-likeness (QED) is 0.320. The molecule has 5 rings (SSSR count). The summed E-state index contributed by atoms with van der Waals surface area (Å²) in [5.41, 5.74) is 2.62. The van der Waals surface area contributed by atoms with Gasteiger partial charge in [0.05, 0.1) is 23.3 Å². The zero-order chi connectivity index (χ0) is 24.4. The van der Waals surface area contributed by atoms with Gasteiger partial charge in [0.1, 0.15) is 6.10 Å². The molecule has 6 nitrogen and oxygen atoms in total. The van der Waals surface area contributed by atoms with Gasteiger partial charge < -0.3 is 14.6 Å². The Hall–Kier alpha value is -2.61. The third-order valence-corrected chi connectivity index (χ3v) is 8.34. The van der Waals surface area contributed by atoms with Gasteiger partial charge in [-0.2, -0.15) is 0 Å². The minimum Gasteiger partial charge on any atom is -0.493 e. The van der Waals surface area contributed by atoms with E-state index in [2.05, 4.69) is 24.0 Å². The minimum absolute atomic E-state index is 0.0348. The van der Waals surface area contributed by atoms with Crippen LogP contribution in [0.1, 0.15) is 49.7 Å². The summed E-state index contributed by atoms with van der Waals surface area (Å²) in [5, 5.41) is 10.9. The van der Waals surface area contributed by atoms with Crippen LogP contribution in [0.3, 0.4) is 0 Å². The number of hydrogen-bond acceptors (Lipinski definition) is 6. The molecule has 1 aliphatic carbocycles. The van der Waals surface area contributed by atoms with Gasteiger partial charge in [-0.3, -0.25) is 13.7 Å². The monoisotopic (exact) mass is 494 g/mol. The van der Waals surface area contributed by atoms with E-state index in [0.29, 0.717) is 6.42 Å². The van der Waals surface area contributed by atoms with Gasteiger partial charge in [0.2, 0.25) is 0 Å². The molecule has 35 heavy (non-hydrogen) atoms. The van der Waals surface area contributed by atoms with Crippen LogP contribution in [0.25, 0.3) is 10.1 Å². The Balaban J connectivity index is 1.19. The van der Waals surface area contributed by atoms with Crippen molar-refractivity contribution in [1.82, 2.24) is 8.86 Å². The van der Waals surface area contributed by atoms with Gasteiger partial charge in [-0.25, -0.2) is 0 Å². The lowest BCUT2D eigenvalue weighted by Gasteiger charge is -2.25. The summed E-state index contributed by atoms with van der Waals surface area (Å²) in [6.07, 6.45) is 7.31. The molecule has 1 aliphatic heterocycles. The fourth-order valence-electron chi connectivity index (χ4n) is 5.32. The van der Waals surface area contributed by atoms with Crippen LogP contribution >= 0.6 is 11.5 Å². The smallest absolute Gasteiger partial charge is 0.268 e. The molecular formula is C28H34N2O4S. The predicted octanol–water partition coefficient (Wildman–Crippen LogP) is 4.93. The molecule has 1 aromatic heterocycles. The first-order chi connectivity index (χ1) is 17.1. The van der Waals surface area contributed by atoms with E-state index in [0.717, 1.165) is 67.0 Å². The van der Waals surface area contributed by atoms with E-state index in [1.54, 1.807) is 18.6 Å². The molecule has 0 fully saturated rings. The maximum Gasteiger partial charge on any atom is 0.268 e. The highest BCUT2D eigenvalue weighted by Crippen LogP contribution is 2.49. The number of ether oxygens (including phenoxy) is 2. The van der Waals surface area contributed by atoms with Crippen LogP contribution in [-0.4, -0.2) is 46.4 Å². The summed E-state index contributed by atoms with van der Waals surface area (Å²) in [7, 11) is 1.68. The second-order valence-corrected chi connectivity index (χ2v) is 10.5. The fraction of sp³-hybridized carbons (Fsp3) is 0.464. The van der Waals surface area contributed by atoms with E-state index in [4.69, 9.17) is 9.47 Å². The van der Waals surface area contributed by atoms with Crippen molar-refractivity contribution in [2.24, 2.45) is 0 Å². The Labute approximate surface area is 210 Å². The molecule has 3 aromatic rings. The maximum atomic E-state index is 12.5. The average molecular weight is 495 g/mol. The topological polar surface area (TPSA) is 63.9 Å². The number of aryl methyl sites for hydroxylation is 1. The van der Waals surface area contributed by atoms with Crippen molar-refractivity contribution in [1.29, 1.82) is 0 Å². The molecule has 2 aliphatic rings. The third-order valence-electron chi connectivity index (χ3n) is 7.22. The van der Waals surface area contributed by atoms with Crippen LogP contribution in [0.4, 0.5) is 0 Å². The number of nitrogens with zero attached hydrogens (tertiary/aromatic N) is 2. The highest BCUT2D eigenvalue weighted by atomic mass is 32.1. The highest BCUT2D eigenvalue weighted by molar-refractivity contribution is 7.13. The number of aliphatic hydroxyl groups is 1. The normalized spacial score (nSPS) is 20.7. The number of methoxy groups -OCH3 is 1. The van der Waals surface area contributed by atoms with Gasteiger partial charge in [-0.1, -0.05) is 55.2 Å². The Kier molecular flexibility index (Phi) is 7.27. The van der Waals surface area contributed by atoms with E-state index in [1.165, 1.54) is 11.1 Å². The second kappa shape index (κ2) is 10.6. The summed E-state index contributed by atoms with van der Waals surface area (Å²) in [5.74, 6) is 1.76. The van der Waals surface area contributed by atoms with Crippen molar-refractivity contribution in [3.8, 4) is 11.5 Å². The first-order valence-corrected chi connectivity index (χ1v) is 13.4. The summed E-state index contributed by atoms with van der Waals surface area (Å²) in [6.45, 7) is 5.84. The number of benzene rings is 2. The summed E-state index contributed by atoms with van der Waals surface area (Å²) >= 11 is 1.57. The molecule has 2 heterocycles. The zero-order valence-electron chi connectivity index (χ0n) is 20.5. The number of unbranched alkanes of at least 4 members (excludes halogenated alkanes) is 2. The van der Waals surface area contributed by atoms with E-state index in [-0.39, 0.29) is 17.6 Å². The lowest BCUT2D eigenvalue weighted by Crippen LogP contribution is -2.28. The molecule has 0 spiro atoms. The highest BCUT2D eigenvalue weighted by Gasteiger charge is 2.39. The van der Waals surface area contributed by atoms with Crippen molar-refractivity contribution >= 4 is 21.6 Å². The van der Waals surface area contributed by atoms with Crippen molar-refractivity contribution in [2.75, 3.05) is 20.2 Å². The minimum atomic E-state index is -0.449. The lowest BCUT2D eigenvalue weighted by molar-refractivity contribution is 0.117. The van der Waals surface area contributed by atoms with Gasteiger partial charge in [-0.05, 0) is 49.7 Å². The van der Waals surface area contributed by atoms with Crippen LogP contribution in [0.15, 0.2) is 53.3 Å². The number of fused-ring (bicyclic) bond motifs is 4. The van der Waals surface area contributed by atoms with Crippen molar-refractivity contribution in [2.45, 2.75) is 63.8 Å². The lowest BCUT2D eigenvalue weighted by atomic mass is 9.85. The van der Waals surface area contributed by atoms with Crippen molar-refractivity contribution < 1.29 is 14.6 Å². The zero-order valence-corrected chi connectivity index (χ0v) is 21.3. The molecule has 3 atom stereocenters. The summed E-state index contributed by atoms with van der Waals surface area (Å²) < 4.78 is 14.8. The molecule has 0 saturated carbocycles. The number of aliphatic hydroxyl groups excluding tert-OH is 1. The Morgan fingerprint density at radius 1 is 1.17 bits per heavy atom. The Morgan fingerprint density at radius 2 is 2.03 bits per heavy atom. The molecule has 2 aromatic carbocycles. The predicted molar refractivity (Wildman–Crippen MR) is 141 cm³/mol. The van der Waals surface area contributed by atoms with Gasteiger partial charge in [0, 0.05) is 31.0 Å². The molecule has 186 valence electrons. The number of hydrogen-bond donors (Lipinski definition) is 1. The van der Waals surface area contributed by atoms with E-state index >= 15 is 0 Å². The third kappa shape index (κ3) is 4.90. The van der Waals surface area contributed by atoms with Crippen molar-refractivity contribution in [3.05, 3.63) is 70.0 Å². The maximum absolute atomic E-state index is 12.5. The van der Waals surface area contributed by atoms with Crippen molar-refractivity contribution in [3.63, 3.8) is 0 Å². The number of rotatable bonds is 10. The van der Waals surface area contributed by atoms with Gasteiger partial charge in [-0.15, -0.1) is 0 Å². The van der Waals surface area contributed by atoms with E-state index in [1.807, 2.05) is 40.4 Å². The van der Waals surface area contributed by atoms with Crippen LogP contribution in [0, 0.1) is 0 Å². The average Bonchev–Trinajstić information content (AvgIpc) is 3.40. The molecule has 0 amide bonds. The fourth-order valence-corrected chi connectivity index (χ4v) is 6.35. The molecule has 7 heteroatoms. The standard InChI is InChI=1S/C28H34N2O4S/c1-3-29(15-7-4-8-16-30-28(32)22-9-5-6-10-25(22)35-30)18-19-11-14-23(33-2)27-26(19)21-13-12-20(31)17-24(21)34-27/h5-6,9-14,20-21,24,31H,3-4,7-8,15-18H2,1-2H3/t20?,21-,24?/m1/s1. The van der Waals surface area contributed by atoms with Crippen LogP contribution < -0.4 is 15.0 Å². The SMILES string of the molecule is CCN(CCCCCn1sc2ccccc2c1=O)Cc1ccc(OC)c2c1[C@@H]1C=CC(O)CC1O2. The molecule has 0 saturated heterocycles. The van der Waals surface area contributed by atoms with E-state index in [9.17, 15) is 9.90 Å². The Bertz CT molecular complexity index is 1260. The van der Waals surface area contributed by atoms with E-state index < -0.39 is 6.10 Å². The summed E-state index contributed by atoms with van der Waals surface area (Å²) in [4.78, 5) is 15.0. The van der Waals surface area contributed by atoms with Crippen LogP contribution in [0.2, 0.25) is 0 Å². The van der Waals surface area contributed by atoms with Crippen LogP contribution in [0.5, 0.6) is 11.5 Å². The first-order valence-electron chi connectivity index (χ1n) is 12.6. The molecular weight excluding hydrogens is 460 g/mol. The van der Waals surface area contributed by atoms with Crippen LogP contribution in [-0.2, 0) is 13.1 Å². The largest absolute Gasteiger partial charge is 0.493 e. The number of aromatic nitrogens is 1. The molecule has 2 unspecified atom stereocenters. The molecule has 1 N–H and O–H groups in total. The van der Waals surface area contributed by atoms with Gasteiger partial charge >= 0.3 is 0 Å². The first kappa shape index (κ1) is 24.1. The summed E-state index contributed by atoms with van der Waals surface area (Å²) in [6, 6.07) is 12.0. The van der Waals surface area contributed by atoms with Gasteiger partial charge in [0.25, 0.3) is 5.56 Å². The second-order valence-electron chi connectivity index (χ2n) is 9.46.